The number of likely N-dealkylation sites (tertiary alicyclic amines) is 1. The molecule has 0 unspecified atom stereocenters. The third-order valence-electron chi connectivity index (χ3n) is 8.03. The number of imidazole rings is 1. The van der Waals surface area contributed by atoms with Crippen LogP contribution in [-0.2, 0) is 6.54 Å². The predicted molar refractivity (Wildman–Crippen MR) is 173 cm³/mol. The summed E-state index contributed by atoms with van der Waals surface area (Å²) in [7, 11) is 0. The Kier molecular flexibility index (Phi) is 7.69. The number of nitrogens with two attached hydrogens (primary N) is 1. The summed E-state index contributed by atoms with van der Waals surface area (Å²) in [6, 6.07) is 25.7. The molecule has 5 aromatic heterocycles. The van der Waals surface area contributed by atoms with E-state index in [1.54, 1.807) is 36.8 Å². The van der Waals surface area contributed by atoms with Crippen molar-refractivity contribution in [2.24, 2.45) is 0 Å². The number of nitrogens with zero attached hydrogens (tertiary/aromatic N) is 10. The van der Waals surface area contributed by atoms with Gasteiger partial charge in [-0.25, -0.2) is 24.9 Å². The minimum Gasteiger partial charge on any atom is -0.383 e. The molecule has 0 aliphatic carbocycles. The monoisotopic (exact) mass is 604 g/mol. The van der Waals surface area contributed by atoms with Gasteiger partial charge < -0.3 is 11.1 Å². The van der Waals surface area contributed by atoms with Gasteiger partial charge >= 0.3 is 0 Å². The molecule has 46 heavy (non-hydrogen) atoms. The van der Waals surface area contributed by atoms with Crippen LogP contribution in [0.2, 0.25) is 0 Å². The number of pyridine rings is 3. The molecule has 12 heteroatoms. The van der Waals surface area contributed by atoms with E-state index in [1.165, 1.54) is 5.56 Å². The lowest BCUT2D eigenvalue weighted by molar-refractivity contribution is 0.211. The van der Waals surface area contributed by atoms with E-state index < -0.39 is 0 Å². The van der Waals surface area contributed by atoms with Crippen LogP contribution in [0.5, 0.6) is 0 Å². The third kappa shape index (κ3) is 5.80. The van der Waals surface area contributed by atoms with Crippen molar-refractivity contribution < 1.29 is 0 Å². The predicted octanol–water partition coefficient (Wildman–Crippen LogP) is 4.74. The summed E-state index contributed by atoms with van der Waals surface area (Å²) < 4.78 is 2.00. The SMILES string of the molecule is N#Cc1ccc(-c2ccc3nc(-c4cccnc4N)n(-c4ccc(CN5CCC(Nc6ccnc(C#N)n6)CC5)cc4)c3n2)nc1. The average molecular weight is 605 g/mol. The first-order chi connectivity index (χ1) is 22.6. The van der Waals surface area contributed by atoms with Crippen molar-refractivity contribution in [3.63, 3.8) is 0 Å². The molecule has 1 saturated heterocycles. The lowest BCUT2D eigenvalue weighted by Crippen LogP contribution is -2.38. The fraction of sp³-hybridized carbons (Fsp3) is 0.176. The molecule has 1 fully saturated rings. The van der Waals surface area contributed by atoms with E-state index in [2.05, 4.69) is 60.5 Å². The molecule has 0 atom stereocenters. The molecule has 7 rings (SSSR count). The molecule has 3 N–H and O–H groups in total. The van der Waals surface area contributed by atoms with Gasteiger partial charge in [0.15, 0.2) is 11.5 Å². The Morgan fingerprint density at radius 1 is 0.826 bits per heavy atom. The number of rotatable bonds is 7. The number of benzene rings is 1. The molecule has 224 valence electrons. The van der Waals surface area contributed by atoms with Gasteiger partial charge in [0.05, 0.1) is 22.5 Å². The number of hydrogen-bond donors (Lipinski definition) is 2. The van der Waals surface area contributed by atoms with Crippen molar-refractivity contribution in [1.29, 1.82) is 10.5 Å². The van der Waals surface area contributed by atoms with Crippen molar-refractivity contribution in [2.45, 2.75) is 25.4 Å². The van der Waals surface area contributed by atoms with E-state index in [1.807, 2.05) is 34.9 Å². The van der Waals surface area contributed by atoms with Gasteiger partial charge in [-0.3, -0.25) is 14.5 Å². The van der Waals surface area contributed by atoms with E-state index in [4.69, 9.17) is 21.0 Å². The lowest BCUT2D eigenvalue weighted by atomic mass is 10.0. The molecule has 0 spiro atoms. The zero-order valence-corrected chi connectivity index (χ0v) is 24.7. The van der Waals surface area contributed by atoms with Gasteiger partial charge in [0.1, 0.15) is 29.3 Å². The molecule has 1 aromatic carbocycles. The maximum Gasteiger partial charge on any atom is 0.234 e. The van der Waals surface area contributed by atoms with Gasteiger partial charge in [0.2, 0.25) is 5.82 Å². The number of nitrogen functional groups attached to an aromatic ring is 1. The van der Waals surface area contributed by atoms with Crippen LogP contribution >= 0.6 is 0 Å². The van der Waals surface area contributed by atoms with Gasteiger partial charge in [-0.1, -0.05) is 12.1 Å². The normalized spacial score (nSPS) is 13.7. The fourth-order valence-corrected chi connectivity index (χ4v) is 5.69. The van der Waals surface area contributed by atoms with Crippen LogP contribution in [0.1, 0.15) is 29.8 Å². The average Bonchev–Trinajstić information content (AvgIpc) is 3.48. The molecule has 1 aliphatic heterocycles. The first kappa shape index (κ1) is 28.5. The summed E-state index contributed by atoms with van der Waals surface area (Å²) >= 11 is 0. The highest BCUT2D eigenvalue weighted by Crippen LogP contribution is 2.32. The number of piperidine rings is 1. The summed E-state index contributed by atoms with van der Waals surface area (Å²) in [5.74, 6) is 1.89. The fourth-order valence-electron chi connectivity index (χ4n) is 5.69. The Balaban J connectivity index is 1.13. The Bertz CT molecular complexity index is 2100. The smallest absolute Gasteiger partial charge is 0.234 e. The van der Waals surface area contributed by atoms with Gasteiger partial charge in [0.25, 0.3) is 0 Å². The van der Waals surface area contributed by atoms with Crippen LogP contribution in [0.4, 0.5) is 11.6 Å². The quantitative estimate of drug-likeness (QED) is 0.258. The highest BCUT2D eigenvalue weighted by Gasteiger charge is 2.21. The van der Waals surface area contributed by atoms with Crippen molar-refractivity contribution in [1.82, 2.24) is 39.4 Å². The maximum atomic E-state index is 9.17. The number of fused-ring (bicyclic) bond motifs is 1. The second-order valence-corrected chi connectivity index (χ2v) is 11.0. The largest absolute Gasteiger partial charge is 0.383 e. The van der Waals surface area contributed by atoms with E-state index in [9.17, 15) is 5.26 Å². The van der Waals surface area contributed by atoms with Crippen molar-refractivity contribution in [3.8, 4) is 40.6 Å². The van der Waals surface area contributed by atoms with E-state index in [-0.39, 0.29) is 5.82 Å². The van der Waals surface area contributed by atoms with Crippen LogP contribution < -0.4 is 11.1 Å². The van der Waals surface area contributed by atoms with E-state index in [0.29, 0.717) is 57.2 Å². The Morgan fingerprint density at radius 3 is 2.39 bits per heavy atom. The number of anilines is 2. The molecule has 1 aliphatic rings. The summed E-state index contributed by atoms with van der Waals surface area (Å²) in [5.41, 5.74) is 12.3. The third-order valence-corrected chi connectivity index (χ3v) is 8.03. The van der Waals surface area contributed by atoms with Gasteiger partial charge in [-0.05, 0) is 73.0 Å². The van der Waals surface area contributed by atoms with Crippen molar-refractivity contribution in [3.05, 3.63) is 102 Å². The molecule has 0 bridgehead atoms. The van der Waals surface area contributed by atoms with Gasteiger partial charge in [0, 0.05) is 50.0 Å². The van der Waals surface area contributed by atoms with Crippen LogP contribution in [0.15, 0.2) is 85.3 Å². The van der Waals surface area contributed by atoms with Gasteiger partial charge in [-0.2, -0.15) is 10.5 Å². The van der Waals surface area contributed by atoms with Crippen LogP contribution in [0.25, 0.3) is 39.6 Å². The Morgan fingerprint density at radius 2 is 1.65 bits per heavy atom. The molecule has 6 aromatic rings. The number of nitriles is 2. The number of aromatic nitrogens is 7. The van der Waals surface area contributed by atoms with Crippen molar-refractivity contribution in [2.75, 3.05) is 24.1 Å². The summed E-state index contributed by atoms with van der Waals surface area (Å²) in [6.45, 7) is 2.73. The topological polar surface area (TPSA) is 171 Å². The Hall–Kier alpha value is -6.24. The molecule has 0 amide bonds. The van der Waals surface area contributed by atoms with E-state index in [0.717, 1.165) is 38.2 Å². The second kappa shape index (κ2) is 12.4. The van der Waals surface area contributed by atoms with Crippen LogP contribution in [-0.4, -0.2) is 58.5 Å². The Labute approximate surface area is 264 Å². The summed E-state index contributed by atoms with van der Waals surface area (Å²) in [5, 5.41) is 21.7. The highest BCUT2D eigenvalue weighted by atomic mass is 15.2. The van der Waals surface area contributed by atoms with Gasteiger partial charge in [-0.15, -0.1) is 0 Å². The number of hydrogen-bond acceptors (Lipinski definition) is 11. The van der Waals surface area contributed by atoms with Crippen LogP contribution in [0.3, 0.4) is 0 Å². The first-order valence-corrected chi connectivity index (χ1v) is 14.9. The minimum atomic E-state index is 0.171. The lowest BCUT2D eigenvalue weighted by Gasteiger charge is -2.32. The molecule has 0 saturated carbocycles. The highest BCUT2D eigenvalue weighted by molar-refractivity contribution is 5.84. The summed E-state index contributed by atoms with van der Waals surface area (Å²) in [4.78, 5) is 29.3. The van der Waals surface area contributed by atoms with Crippen LogP contribution in [0, 0.1) is 22.7 Å². The molecule has 0 radical (unpaired) electrons. The zero-order chi connectivity index (χ0) is 31.5. The second-order valence-electron chi connectivity index (χ2n) is 11.0. The first-order valence-electron chi connectivity index (χ1n) is 14.9. The standard InChI is InChI=1S/C34H28N12/c35-18-23-5-8-27(40-20-23)28-9-10-29-34(42-28)46(33(43-29)26-2-1-14-39-32(26)37)25-6-3-22(4-7-25)21-45-16-12-24(13-17-45)41-30-11-15-38-31(19-36)44-30/h1-11,14-15,20,24H,12-13,16-17,21H2,(H2,37,39)(H,38,41,44). The maximum absolute atomic E-state index is 9.17. The van der Waals surface area contributed by atoms with Crippen molar-refractivity contribution >= 4 is 22.8 Å². The molecule has 12 nitrogen and oxygen atoms in total. The molecular weight excluding hydrogens is 576 g/mol. The summed E-state index contributed by atoms with van der Waals surface area (Å²) in [6.07, 6.45) is 6.76. The van der Waals surface area contributed by atoms with E-state index >= 15 is 0 Å². The number of nitrogens with one attached hydrogen (secondary N) is 1. The molecule has 6 heterocycles. The minimum absolute atomic E-state index is 0.171. The zero-order valence-electron chi connectivity index (χ0n) is 24.7. The molecular formula is C34H28N12.